The highest BCUT2D eigenvalue weighted by atomic mass is 35.5. The number of pyridine rings is 1. The highest BCUT2D eigenvalue weighted by Gasteiger charge is 2.22. The highest BCUT2D eigenvalue weighted by Crippen LogP contribution is 2.18. The summed E-state index contributed by atoms with van der Waals surface area (Å²) in [5.41, 5.74) is 0.414. The minimum atomic E-state index is -0.757. The molecular formula is C16H15Cl2NO3. The number of rotatable bonds is 5. The van der Waals surface area contributed by atoms with E-state index in [1.54, 1.807) is 6.92 Å². The van der Waals surface area contributed by atoms with Gasteiger partial charge < -0.3 is 4.74 Å². The van der Waals surface area contributed by atoms with E-state index in [1.807, 2.05) is 30.3 Å². The normalized spacial score (nSPS) is 12.0. The molecule has 22 heavy (non-hydrogen) atoms. The number of esters is 1. The lowest BCUT2D eigenvalue weighted by atomic mass is 10.2. The molecule has 2 rings (SSSR count). The predicted octanol–water partition coefficient (Wildman–Crippen LogP) is 3.85. The lowest BCUT2D eigenvalue weighted by Crippen LogP contribution is -2.30. The van der Waals surface area contributed by atoms with Crippen LogP contribution in [-0.4, -0.2) is 10.5 Å². The predicted molar refractivity (Wildman–Crippen MR) is 86.3 cm³/mol. The lowest BCUT2D eigenvalue weighted by Gasteiger charge is -2.17. The number of benzene rings is 1. The number of nitrogens with zero attached hydrogens (tertiary/aromatic N) is 1. The summed E-state index contributed by atoms with van der Waals surface area (Å²) in [7, 11) is 0. The van der Waals surface area contributed by atoms with E-state index in [2.05, 4.69) is 0 Å². The maximum Gasteiger partial charge on any atom is 0.329 e. The van der Waals surface area contributed by atoms with Crippen LogP contribution in [0.25, 0.3) is 0 Å². The molecule has 2 aromatic rings. The van der Waals surface area contributed by atoms with Crippen molar-refractivity contribution < 1.29 is 9.53 Å². The van der Waals surface area contributed by atoms with Crippen LogP contribution < -0.4 is 5.56 Å². The summed E-state index contributed by atoms with van der Waals surface area (Å²) in [4.78, 5) is 24.3. The Morgan fingerprint density at radius 3 is 2.59 bits per heavy atom. The number of hydrogen-bond donors (Lipinski definition) is 0. The fraction of sp³-hybridized carbons (Fsp3) is 0.250. The van der Waals surface area contributed by atoms with Crippen LogP contribution in [-0.2, 0) is 16.1 Å². The van der Waals surface area contributed by atoms with Gasteiger partial charge in [-0.2, -0.15) is 0 Å². The van der Waals surface area contributed by atoms with Crippen LogP contribution in [0.5, 0.6) is 0 Å². The average Bonchev–Trinajstić information content (AvgIpc) is 2.51. The summed E-state index contributed by atoms with van der Waals surface area (Å²) in [5.74, 6) is -0.494. The van der Waals surface area contributed by atoms with Crippen molar-refractivity contribution in [2.24, 2.45) is 0 Å². The van der Waals surface area contributed by atoms with Crippen molar-refractivity contribution in [3.8, 4) is 0 Å². The van der Waals surface area contributed by atoms with Crippen LogP contribution in [0.2, 0.25) is 10.0 Å². The fourth-order valence-corrected chi connectivity index (χ4v) is 2.55. The van der Waals surface area contributed by atoms with Crippen LogP contribution in [0.1, 0.15) is 24.9 Å². The Morgan fingerprint density at radius 2 is 1.95 bits per heavy atom. The monoisotopic (exact) mass is 339 g/mol. The number of ether oxygens (including phenoxy) is 1. The summed E-state index contributed by atoms with van der Waals surface area (Å²) in [5, 5.41) is 0.265. The zero-order valence-electron chi connectivity index (χ0n) is 12.0. The second kappa shape index (κ2) is 7.47. The minimum absolute atomic E-state index is 0.0261. The molecule has 1 aromatic carbocycles. The Morgan fingerprint density at radius 1 is 1.27 bits per heavy atom. The van der Waals surface area contributed by atoms with Crippen molar-refractivity contribution in [1.29, 1.82) is 0 Å². The third-order valence-corrected chi connectivity index (χ3v) is 3.66. The molecule has 1 aromatic heterocycles. The van der Waals surface area contributed by atoms with E-state index in [0.29, 0.717) is 11.4 Å². The third-order valence-electron chi connectivity index (χ3n) is 3.18. The number of aromatic nitrogens is 1. The van der Waals surface area contributed by atoms with E-state index in [9.17, 15) is 9.59 Å². The van der Waals surface area contributed by atoms with Crippen LogP contribution in [0.4, 0.5) is 0 Å². The van der Waals surface area contributed by atoms with Gasteiger partial charge in [0.25, 0.3) is 5.56 Å². The van der Waals surface area contributed by atoms with Gasteiger partial charge in [0.2, 0.25) is 0 Å². The molecule has 0 spiro atoms. The molecule has 1 heterocycles. The smallest absolute Gasteiger partial charge is 0.329 e. The molecule has 0 fully saturated rings. The van der Waals surface area contributed by atoms with Gasteiger partial charge in [0.1, 0.15) is 17.7 Å². The van der Waals surface area contributed by atoms with Gasteiger partial charge in [-0.05, 0) is 18.1 Å². The SMILES string of the molecule is CCC(C(=O)OCc1ccccc1)n1cc(Cl)cc(Cl)c1=O. The van der Waals surface area contributed by atoms with Gasteiger partial charge in [-0.1, -0.05) is 60.5 Å². The second-order valence-electron chi connectivity index (χ2n) is 4.74. The molecule has 4 nitrogen and oxygen atoms in total. The maximum atomic E-state index is 12.3. The van der Waals surface area contributed by atoms with Crippen LogP contribution in [0.3, 0.4) is 0 Å². The number of halogens is 2. The fourth-order valence-electron chi connectivity index (χ4n) is 2.07. The Hall–Kier alpha value is -1.78. The summed E-state index contributed by atoms with van der Waals surface area (Å²) < 4.78 is 6.51. The average molecular weight is 340 g/mol. The molecule has 0 aliphatic heterocycles. The first-order valence-corrected chi connectivity index (χ1v) is 7.56. The molecule has 0 bridgehead atoms. The molecule has 0 saturated carbocycles. The largest absolute Gasteiger partial charge is 0.459 e. The van der Waals surface area contributed by atoms with Crippen molar-refractivity contribution >= 4 is 29.2 Å². The highest BCUT2D eigenvalue weighted by molar-refractivity contribution is 6.34. The molecule has 0 radical (unpaired) electrons. The quantitative estimate of drug-likeness (QED) is 0.777. The first kappa shape index (κ1) is 16.6. The van der Waals surface area contributed by atoms with E-state index < -0.39 is 17.6 Å². The topological polar surface area (TPSA) is 48.3 Å². The lowest BCUT2D eigenvalue weighted by molar-refractivity contribution is -0.149. The summed E-state index contributed by atoms with van der Waals surface area (Å²) >= 11 is 11.7. The van der Waals surface area contributed by atoms with Gasteiger partial charge in [-0.25, -0.2) is 4.79 Å². The molecule has 0 aliphatic carbocycles. The van der Waals surface area contributed by atoms with E-state index in [-0.39, 0.29) is 11.6 Å². The van der Waals surface area contributed by atoms with Crippen LogP contribution in [0.15, 0.2) is 47.4 Å². The van der Waals surface area contributed by atoms with Gasteiger partial charge in [0.15, 0.2) is 0 Å². The van der Waals surface area contributed by atoms with E-state index in [0.717, 1.165) is 5.56 Å². The van der Waals surface area contributed by atoms with E-state index >= 15 is 0 Å². The third kappa shape index (κ3) is 3.90. The molecule has 116 valence electrons. The van der Waals surface area contributed by atoms with Crippen molar-refractivity contribution in [1.82, 2.24) is 4.57 Å². The minimum Gasteiger partial charge on any atom is -0.459 e. The molecule has 1 unspecified atom stereocenters. The second-order valence-corrected chi connectivity index (χ2v) is 5.58. The molecule has 1 atom stereocenters. The Bertz CT molecular complexity index is 713. The summed E-state index contributed by atoms with van der Waals surface area (Å²) in [6.45, 7) is 1.94. The molecule has 0 N–H and O–H groups in total. The number of carbonyl (C=O) groups excluding carboxylic acids is 1. The van der Waals surface area contributed by atoms with Crippen LogP contribution >= 0.6 is 23.2 Å². The van der Waals surface area contributed by atoms with Gasteiger partial charge in [-0.15, -0.1) is 0 Å². The molecule has 6 heteroatoms. The van der Waals surface area contributed by atoms with Gasteiger partial charge in [-0.3, -0.25) is 9.36 Å². The number of hydrogen-bond acceptors (Lipinski definition) is 3. The molecule has 0 amide bonds. The Labute approximate surface area is 138 Å². The Balaban J connectivity index is 2.18. The van der Waals surface area contributed by atoms with Crippen molar-refractivity contribution in [3.05, 3.63) is 68.6 Å². The molecule has 0 saturated heterocycles. The zero-order valence-corrected chi connectivity index (χ0v) is 13.5. The van der Waals surface area contributed by atoms with Crippen molar-refractivity contribution in [2.75, 3.05) is 0 Å². The van der Waals surface area contributed by atoms with Gasteiger partial charge >= 0.3 is 5.97 Å². The first-order chi connectivity index (χ1) is 10.5. The van der Waals surface area contributed by atoms with E-state index in [1.165, 1.54) is 16.8 Å². The van der Waals surface area contributed by atoms with Gasteiger partial charge in [0.05, 0.1) is 5.02 Å². The summed E-state index contributed by atoms with van der Waals surface area (Å²) in [6.07, 6.45) is 1.79. The number of carbonyl (C=O) groups is 1. The standard InChI is InChI=1S/C16H15Cl2NO3/c1-2-14(19-9-12(17)8-13(18)15(19)20)16(21)22-10-11-6-4-3-5-7-11/h3-9,14H,2,10H2,1H3. The maximum absolute atomic E-state index is 12.3. The van der Waals surface area contributed by atoms with Crippen molar-refractivity contribution in [2.45, 2.75) is 26.0 Å². The molecular weight excluding hydrogens is 325 g/mol. The van der Waals surface area contributed by atoms with Crippen molar-refractivity contribution in [3.63, 3.8) is 0 Å². The zero-order chi connectivity index (χ0) is 16.1. The summed E-state index contributed by atoms with van der Waals surface area (Å²) in [6, 6.07) is 9.92. The van der Waals surface area contributed by atoms with Crippen LogP contribution in [0, 0.1) is 0 Å². The van der Waals surface area contributed by atoms with E-state index in [4.69, 9.17) is 27.9 Å². The van der Waals surface area contributed by atoms with Gasteiger partial charge in [0, 0.05) is 6.20 Å². The Kier molecular flexibility index (Phi) is 5.63. The molecule has 0 aliphatic rings. The first-order valence-electron chi connectivity index (χ1n) is 6.80.